The van der Waals surface area contributed by atoms with E-state index in [9.17, 15) is 4.39 Å². The number of benzene rings is 1. The molecular weight excluding hydrogens is 223 g/mol. The Morgan fingerprint density at radius 1 is 1.58 bits per heavy atom. The van der Waals surface area contributed by atoms with Crippen molar-refractivity contribution in [1.82, 2.24) is 0 Å². The fourth-order valence-electron chi connectivity index (χ4n) is 0.778. The molecule has 12 heavy (non-hydrogen) atoms. The molecule has 0 aliphatic heterocycles. The van der Waals surface area contributed by atoms with Crippen LogP contribution in [0.2, 0.25) is 0 Å². The molecule has 1 rings (SSSR count). The first-order valence-corrected chi connectivity index (χ1v) is 4.19. The molecule has 1 aromatic rings. The highest BCUT2D eigenvalue weighted by Gasteiger charge is 2.01. The fourth-order valence-corrected chi connectivity index (χ4v) is 1.22. The van der Waals surface area contributed by atoms with Crippen molar-refractivity contribution in [2.45, 2.75) is 0 Å². The first-order chi connectivity index (χ1) is 5.75. The molecule has 64 valence electrons. The Balaban J connectivity index is 3.04. The second kappa shape index (κ2) is 4.33. The zero-order valence-electron chi connectivity index (χ0n) is 6.30. The highest BCUT2D eigenvalue weighted by Crippen LogP contribution is 2.17. The lowest BCUT2D eigenvalue weighted by Crippen LogP contribution is -1.96. The summed E-state index contributed by atoms with van der Waals surface area (Å²) < 4.78 is 13.7. The van der Waals surface area contributed by atoms with Crippen molar-refractivity contribution in [2.75, 3.05) is 6.67 Å². The standard InChI is InChI=1S/C8H8BrFN2/c9-7-2-1-3-8(10)6(7)4-12-5-11/h1-4H,5,11H2/b12-4+. The summed E-state index contributed by atoms with van der Waals surface area (Å²) >= 11 is 3.21. The van der Waals surface area contributed by atoms with E-state index < -0.39 is 0 Å². The highest BCUT2D eigenvalue weighted by atomic mass is 79.9. The molecule has 0 aromatic heterocycles. The Morgan fingerprint density at radius 3 is 2.92 bits per heavy atom. The quantitative estimate of drug-likeness (QED) is 0.776. The summed E-state index contributed by atoms with van der Waals surface area (Å²) in [6.07, 6.45) is 1.42. The van der Waals surface area contributed by atoms with Crippen LogP contribution in [-0.4, -0.2) is 12.9 Å². The Hall–Kier alpha value is -0.740. The zero-order valence-corrected chi connectivity index (χ0v) is 7.88. The average molecular weight is 231 g/mol. The summed E-state index contributed by atoms with van der Waals surface area (Å²) in [6, 6.07) is 4.75. The van der Waals surface area contributed by atoms with Gasteiger partial charge in [-0.25, -0.2) is 4.39 Å². The van der Waals surface area contributed by atoms with E-state index in [-0.39, 0.29) is 12.5 Å². The monoisotopic (exact) mass is 230 g/mol. The molecule has 2 nitrogen and oxygen atoms in total. The molecule has 0 aliphatic rings. The van der Waals surface area contributed by atoms with Gasteiger partial charge in [0.05, 0.1) is 6.67 Å². The molecule has 0 unspecified atom stereocenters. The number of nitrogens with zero attached hydrogens (tertiary/aromatic N) is 1. The molecule has 0 radical (unpaired) electrons. The van der Waals surface area contributed by atoms with Crippen LogP contribution in [0.1, 0.15) is 5.56 Å². The predicted octanol–water partition coefficient (Wildman–Crippen LogP) is 1.92. The van der Waals surface area contributed by atoms with Crippen LogP contribution in [0.3, 0.4) is 0 Å². The molecule has 1 aromatic carbocycles. The van der Waals surface area contributed by atoms with E-state index in [1.54, 1.807) is 12.1 Å². The number of hydrogen-bond donors (Lipinski definition) is 1. The smallest absolute Gasteiger partial charge is 0.133 e. The van der Waals surface area contributed by atoms with Crippen molar-refractivity contribution < 1.29 is 4.39 Å². The number of hydrogen-bond acceptors (Lipinski definition) is 2. The van der Waals surface area contributed by atoms with Gasteiger partial charge in [-0.3, -0.25) is 4.99 Å². The normalized spacial score (nSPS) is 10.9. The molecule has 4 heteroatoms. The molecule has 2 N–H and O–H groups in total. The summed E-state index contributed by atoms with van der Waals surface area (Å²) in [4.78, 5) is 3.75. The molecule has 0 saturated carbocycles. The Bertz CT molecular complexity index is 279. The number of nitrogens with two attached hydrogens (primary N) is 1. The van der Waals surface area contributed by atoms with Crippen molar-refractivity contribution in [1.29, 1.82) is 0 Å². The van der Waals surface area contributed by atoms with Gasteiger partial charge >= 0.3 is 0 Å². The summed E-state index contributed by atoms with van der Waals surface area (Å²) in [7, 11) is 0. The van der Waals surface area contributed by atoms with Crippen LogP contribution in [0, 0.1) is 5.82 Å². The van der Waals surface area contributed by atoms with Crippen molar-refractivity contribution in [3.05, 3.63) is 34.1 Å². The van der Waals surface area contributed by atoms with E-state index >= 15 is 0 Å². The van der Waals surface area contributed by atoms with E-state index in [0.29, 0.717) is 10.0 Å². The summed E-state index contributed by atoms with van der Waals surface area (Å²) in [5, 5.41) is 0. The molecule has 0 fully saturated rings. The van der Waals surface area contributed by atoms with Gasteiger partial charge in [0.1, 0.15) is 5.82 Å². The largest absolute Gasteiger partial charge is 0.312 e. The molecule has 0 saturated heterocycles. The van der Waals surface area contributed by atoms with Gasteiger partial charge in [0.2, 0.25) is 0 Å². The van der Waals surface area contributed by atoms with Gasteiger partial charge in [-0.2, -0.15) is 0 Å². The highest BCUT2D eigenvalue weighted by molar-refractivity contribution is 9.10. The van der Waals surface area contributed by atoms with Gasteiger partial charge in [0, 0.05) is 16.3 Å². The molecule has 0 amide bonds. The van der Waals surface area contributed by atoms with Crippen LogP contribution in [0.15, 0.2) is 27.7 Å². The van der Waals surface area contributed by atoms with Crippen LogP contribution in [0.4, 0.5) is 4.39 Å². The SMILES string of the molecule is NC/N=C/c1c(F)cccc1Br. The average Bonchev–Trinajstić information content (AvgIpc) is 2.04. The minimum absolute atomic E-state index is 0.167. The van der Waals surface area contributed by atoms with Crippen LogP contribution in [0.5, 0.6) is 0 Å². The Kier molecular flexibility index (Phi) is 3.37. The maximum atomic E-state index is 13.0. The van der Waals surface area contributed by atoms with Crippen LogP contribution < -0.4 is 5.73 Å². The number of aliphatic imine (C=N–C) groups is 1. The van der Waals surface area contributed by atoms with Crippen LogP contribution >= 0.6 is 15.9 Å². The van der Waals surface area contributed by atoms with Gasteiger partial charge in [-0.05, 0) is 12.1 Å². The van der Waals surface area contributed by atoms with Crippen molar-refractivity contribution >= 4 is 22.1 Å². The minimum Gasteiger partial charge on any atom is -0.312 e. The van der Waals surface area contributed by atoms with Crippen molar-refractivity contribution in [2.24, 2.45) is 10.7 Å². The van der Waals surface area contributed by atoms with Crippen LogP contribution in [0.25, 0.3) is 0 Å². The summed E-state index contributed by atoms with van der Waals surface area (Å²) in [5.41, 5.74) is 5.57. The third kappa shape index (κ3) is 2.12. The third-order valence-electron chi connectivity index (χ3n) is 1.33. The van der Waals surface area contributed by atoms with Gasteiger partial charge in [-0.1, -0.05) is 22.0 Å². The molecule has 0 aliphatic carbocycles. The van der Waals surface area contributed by atoms with Gasteiger partial charge < -0.3 is 5.73 Å². The van der Waals surface area contributed by atoms with E-state index in [4.69, 9.17) is 5.73 Å². The lowest BCUT2D eigenvalue weighted by Gasteiger charge is -1.98. The van der Waals surface area contributed by atoms with E-state index in [0.717, 1.165) is 0 Å². The molecule has 0 bridgehead atoms. The Labute approximate surface area is 78.4 Å². The van der Waals surface area contributed by atoms with Crippen molar-refractivity contribution in [3.8, 4) is 0 Å². The second-order valence-corrected chi connectivity index (χ2v) is 2.98. The van der Waals surface area contributed by atoms with Crippen molar-refractivity contribution in [3.63, 3.8) is 0 Å². The molecule has 0 atom stereocenters. The molecular formula is C8H8BrFN2. The molecule has 0 heterocycles. The van der Waals surface area contributed by atoms with Gasteiger partial charge in [0.25, 0.3) is 0 Å². The van der Waals surface area contributed by atoms with Crippen LogP contribution in [-0.2, 0) is 0 Å². The first-order valence-electron chi connectivity index (χ1n) is 3.39. The fraction of sp³-hybridized carbons (Fsp3) is 0.125. The molecule has 0 spiro atoms. The zero-order chi connectivity index (χ0) is 8.97. The maximum absolute atomic E-state index is 13.0. The van der Waals surface area contributed by atoms with E-state index in [1.165, 1.54) is 12.3 Å². The lowest BCUT2D eigenvalue weighted by molar-refractivity contribution is 0.625. The lowest BCUT2D eigenvalue weighted by atomic mass is 10.2. The second-order valence-electron chi connectivity index (χ2n) is 2.13. The number of halogens is 2. The summed E-state index contributed by atoms with van der Waals surface area (Å²) in [6.45, 7) is 0.167. The van der Waals surface area contributed by atoms with E-state index in [1.807, 2.05) is 0 Å². The van der Waals surface area contributed by atoms with Gasteiger partial charge in [-0.15, -0.1) is 0 Å². The topological polar surface area (TPSA) is 38.4 Å². The summed E-state index contributed by atoms with van der Waals surface area (Å²) in [5.74, 6) is -0.304. The Morgan fingerprint density at radius 2 is 2.33 bits per heavy atom. The maximum Gasteiger partial charge on any atom is 0.133 e. The third-order valence-corrected chi connectivity index (χ3v) is 2.02. The predicted molar refractivity (Wildman–Crippen MR) is 50.7 cm³/mol. The van der Waals surface area contributed by atoms with Gasteiger partial charge in [0.15, 0.2) is 0 Å². The first kappa shape index (κ1) is 9.35. The number of rotatable bonds is 2. The van der Waals surface area contributed by atoms with E-state index in [2.05, 4.69) is 20.9 Å². The minimum atomic E-state index is -0.304.